The standard InChI is InChI=1S/C19H19N3O3S/c1-13(14-6-3-2-4-7-14)20-17(23)10-9-15-12-26-19(21-15)22-18(24)16-8-5-11-25-16/h2-8,11-13H,9-10H2,1H3,(H,20,23)(H,21,22,24)/t13-/m1/s1. The normalized spacial score (nSPS) is 11.7. The number of thiazole rings is 1. The topological polar surface area (TPSA) is 84.2 Å². The Morgan fingerprint density at radius 1 is 1.19 bits per heavy atom. The third-order valence-corrected chi connectivity index (χ3v) is 4.61. The van der Waals surface area contributed by atoms with Crippen molar-refractivity contribution in [2.24, 2.45) is 0 Å². The van der Waals surface area contributed by atoms with Crippen LogP contribution in [0.5, 0.6) is 0 Å². The van der Waals surface area contributed by atoms with Crippen LogP contribution in [0, 0.1) is 0 Å². The van der Waals surface area contributed by atoms with Crippen LogP contribution in [0.2, 0.25) is 0 Å². The summed E-state index contributed by atoms with van der Waals surface area (Å²) in [6, 6.07) is 13.0. The summed E-state index contributed by atoms with van der Waals surface area (Å²) >= 11 is 1.32. The van der Waals surface area contributed by atoms with Gasteiger partial charge in [-0.1, -0.05) is 30.3 Å². The van der Waals surface area contributed by atoms with Gasteiger partial charge >= 0.3 is 0 Å². The van der Waals surface area contributed by atoms with Gasteiger partial charge in [0.25, 0.3) is 5.91 Å². The Morgan fingerprint density at radius 2 is 2.00 bits per heavy atom. The zero-order valence-electron chi connectivity index (χ0n) is 14.3. The molecule has 0 aliphatic heterocycles. The largest absolute Gasteiger partial charge is 0.459 e. The van der Waals surface area contributed by atoms with Gasteiger partial charge in [0.05, 0.1) is 18.0 Å². The summed E-state index contributed by atoms with van der Waals surface area (Å²) in [5.74, 6) is -0.142. The minimum atomic E-state index is -0.342. The smallest absolute Gasteiger partial charge is 0.293 e. The van der Waals surface area contributed by atoms with E-state index < -0.39 is 0 Å². The Labute approximate surface area is 155 Å². The molecule has 7 heteroatoms. The SMILES string of the molecule is C[C@@H](NC(=O)CCc1csc(NC(=O)c2ccco2)n1)c1ccccc1. The van der Waals surface area contributed by atoms with Crippen LogP contribution in [0.4, 0.5) is 5.13 Å². The second kappa shape index (κ2) is 8.44. The number of carbonyl (C=O) groups excluding carboxylic acids is 2. The number of benzene rings is 1. The summed E-state index contributed by atoms with van der Waals surface area (Å²) in [7, 11) is 0. The second-order valence-electron chi connectivity index (χ2n) is 5.78. The Bertz CT molecular complexity index is 859. The highest BCUT2D eigenvalue weighted by Crippen LogP contribution is 2.18. The molecule has 0 unspecified atom stereocenters. The molecule has 6 nitrogen and oxygen atoms in total. The van der Waals surface area contributed by atoms with E-state index >= 15 is 0 Å². The minimum Gasteiger partial charge on any atom is -0.459 e. The number of hydrogen-bond donors (Lipinski definition) is 2. The maximum absolute atomic E-state index is 12.1. The van der Waals surface area contributed by atoms with Gasteiger partial charge in [0.1, 0.15) is 0 Å². The molecule has 0 bridgehead atoms. The van der Waals surface area contributed by atoms with Crippen molar-refractivity contribution in [1.82, 2.24) is 10.3 Å². The first kappa shape index (κ1) is 17.9. The lowest BCUT2D eigenvalue weighted by molar-refractivity contribution is -0.121. The molecular weight excluding hydrogens is 350 g/mol. The molecule has 0 radical (unpaired) electrons. The average Bonchev–Trinajstić information content (AvgIpc) is 3.33. The number of aromatic nitrogens is 1. The fourth-order valence-corrected chi connectivity index (χ4v) is 3.17. The molecule has 2 aromatic heterocycles. The van der Waals surface area contributed by atoms with Gasteiger partial charge in [-0.05, 0) is 31.0 Å². The summed E-state index contributed by atoms with van der Waals surface area (Å²) in [5.41, 5.74) is 1.84. The fraction of sp³-hybridized carbons (Fsp3) is 0.211. The zero-order chi connectivity index (χ0) is 18.4. The molecule has 0 spiro atoms. The third-order valence-electron chi connectivity index (χ3n) is 3.80. The summed E-state index contributed by atoms with van der Waals surface area (Å²) in [6.45, 7) is 1.96. The monoisotopic (exact) mass is 369 g/mol. The van der Waals surface area contributed by atoms with Crippen LogP contribution in [0.15, 0.2) is 58.5 Å². The first-order valence-electron chi connectivity index (χ1n) is 8.25. The van der Waals surface area contributed by atoms with Crippen LogP contribution in [0.3, 0.4) is 0 Å². The van der Waals surface area contributed by atoms with E-state index in [1.165, 1.54) is 17.6 Å². The molecule has 0 fully saturated rings. The van der Waals surface area contributed by atoms with Crippen molar-refractivity contribution in [2.45, 2.75) is 25.8 Å². The molecule has 2 amide bonds. The van der Waals surface area contributed by atoms with Crippen LogP contribution in [-0.2, 0) is 11.2 Å². The quantitative estimate of drug-likeness (QED) is 0.663. The Kier molecular flexibility index (Phi) is 5.80. The van der Waals surface area contributed by atoms with Crippen LogP contribution in [0.25, 0.3) is 0 Å². The van der Waals surface area contributed by atoms with E-state index in [0.717, 1.165) is 11.3 Å². The zero-order valence-corrected chi connectivity index (χ0v) is 15.1. The molecule has 0 aliphatic carbocycles. The molecule has 1 atom stereocenters. The Hall–Kier alpha value is -2.93. The number of nitrogens with one attached hydrogen (secondary N) is 2. The number of furan rings is 1. The van der Waals surface area contributed by atoms with Crippen molar-refractivity contribution in [3.63, 3.8) is 0 Å². The summed E-state index contributed by atoms with van der Waals surface area (Å²) < 4.78 is 5.04. The lowest BCUT2D eigenvalue weighted by Crippen LogP contribution is -2.26. The van der Waals surface area contributed by atoms with Crippen molar-refractivity contribution in [2.75, 3.05) is 5.32 Å². The van der Waals surface area contributed by atoms with Gasteiger partial charge in [0.2, 0.25) is 5.91 Å². The Morgan fingerprint density at radius 3 is 2.73 bits per heavy atom. The van der Waals surface area contributed by atoms with Crippen molar-refractivity contribution in [3.05, 3.63) is 71.1 Å². The highest BCUT2D eigenvalue weighted by molar-refractivity contribution is 7.13. The van der Waals surface area contributed by atoms with Crippen LogP contribution < -0.4 is 10.6 Å². The molecule has 3 aromatic rings. The molecule has 1 aromatic carbocycles. The predicted molar refractivity (Wildman–Crippen MR) is 100 cm³/mol. The predicted octanol–water partition coefficient (Wildman–Crippen LogP) is 3.80. The second-order valence-corrected chi connectivity index (χ2v) is 6.63. The van der Waals surface area contributed by atoms with E-state index in [2.05, 4.69) is 15.6 Å². The third kappa shape index (κ3) is 4.80. The molecule has 2 N–H and O–H groups in total. The van der Waals surface area contributed by atoms with Crippen molar-refractivity contribution in [1.29, 1.82) is 0 Å². The van der Waals surface area contributed by atoms with Crippen LogP contribution >= 0.6 is 11.3 Å². The number of rotatable bonds is 7. The number of hydrogen-bond acceptors (Lipinski definition) is 5. The van der Waals surface area contributed by atoms with E-state index in [4.69, 9.17) is 4.42 Å². The van der Waals surface area contributed by atoms with Crippen LogP contribution in [-0.4, -0.2) is 16.8 Å². The summed E-state index contributed by atoms with van der Waals surface area (Å²) in [4.78, 5) is 28.4. The fourth-order valence-electron chi connectivity index (χ4n) is 2.43. The van der Waals surface area contributed by atoms with Gasteiger partial charge in [-0.3, -0.25) is 14.9 Å². The molecule has 0 aliphatic rings. The van der Waals surface area contributed by atoms with E-state index in [1.54, 1.807) is 12.1 Å². The first-order valence-corrected chi connectivity index (χ1v) is 9.13. The maximum Gasteiger partial charge on any atom is 0.293 e. The molecule has 0 saturated carbocycles. The van der Waals surface area contributed by atoms with Gasteiger partial charge < -0.3 is 9.73 Å². The number of amides is 2. The van der Waals surface area contributed by atoms with Gasteiger partial charge in [0.15, 0.2) is 10.9 Å². The molecule has 0 saturated heterocycles. The maximum atomic E-state index is 12.1. The van der Waals surface area contributed by atoms with Crippen LogP contribution in [0.1, 0.15) is 41.2 Å². The van der Waals surface area contributed by atoms with Crippen molar-refractivity contribution >= 4 is 28.3 Å². The van der Waals surface area contributed by atoms with Gasteiger partial charge in [-0.2, -0.15) is 0 Å². The average molecular weight is 369 g/mol. The summed E-state index contributed by atoms with van der Waals surface area (Å²) in [5, 5.41) is 7.98. The minimum absolute atomic E-state index is 0.0319. The number of anilines is 1. The Balaban J connectivity index is 1.47. The van der Waals surface area contributed by atoms with Gasteiger partial charge in [-0.15, -0.1) is 11.3 Å². The highest BCUT2D eigenvalue weighted by atomic mass is 32.1. The van der Waals surface area contributed by atoms with E-state index in [9.17, 15) is 9.59 Å². The number of aryl methyl sites for hydroxylation is 1. The molecule has 2 heterocycles. The lowest BCUT2D eigenvalue weighted by Gasteiger charge is -2.13. The molecule has 134 valence electrons. The number of nitrogens with zero attached hydrogens (tertiary/aromatic N) is 1. The molecule has 3 rings (SSSR count). The molecule has 26 heavy (non-hydrogen) atoms. The lowest BCUT2D eigenvalue weighted by atomic mass is 10.1. The van der Waals surface area contributed by atoms with Gasteiger partial charge in [0, 0.05) is 11.8 Å². The number of carbonyl (C=O) groups is 2. The van der Waals surface area contributed by atoms with Crippen molar-refractivity contribution < 1.29 is 14.0 Å². The van der Waals surface area contributed by atoms with E-state index in [1.807, 2.05) is 42.6 Å². The molecular formula is C19H19N3O3S. The first-order chi connectivity index (χ1) is 12.6. The van der Waals surface area contributed by atoms with E-state index in [0.29, 0.717) is 18.0 Å². The summed E-state index contributed by atoms with van der Waals surface area (Å²) in [6.07, 6.45) is 2.30. The highest BCUT2D eigenvalue weighted by Gasteiger charge is 2.13. The van der Waals surface area contributed by atoms with Crippen molar-refractivity contribution in [3.8, 4) is 0 Å². The van der Waals surface area contributed by atoms with E-state index in [-0.39, 0.29) is 23.6 Å². The van der Waals surface area contributed by atoms with Gasteiger partial charge in [-0.25, -0.2) is 4.98 Å².